The predicted octanol–water partition coefficient (Wildman–Crippen LogP) is 4.10. The van der Waals surface area contributed by atoms with E-state index in [4.69, 9.17) is 0 Å². The first-order valence-electron chi connectivity index (χ1n) is 5.31. The van der Waals surface area contributed by atoms with Gasteiger partial charge in [0.15, 0.2) is 0 Å². The minimum absolute atomic E-state index is 0. The maximum atomic E-state index is 3.88. The molecule has 0 aliphatic rings. The third-order valence-electron chi connectivity index (χ3n) is 2.65. The topological polar surface area (TPSA) is 0 Å². The molecule has 2 aromatic carbocycles. The molecule has 0 unspecified atom stereocenters. The van der Waals surface area contributed by atoms with Crippen molar-refractivity contribution in [3.63, 3.8) is 0 Å². The van der Waals surface area contributed by atoms with Crippen LogP contribution in [-0.4, -0.2) is 0 Å². The van der Waals surface area contributed by atoms with E-state index in [0.29, 0.717) is 0 Å². The molecule has 0 atom stereocenters. The Balaban J connectivity index is 0.00000128. The molecule has 79 valence electrons. The van der Waals surface area contributed by atoms with Gasteiger partial charge in [-0.25, -0.2) is 0 Å². The third-order valence-corrected chi connectivity index (χ3v) is 2.65. The molecule has 16 heavy (non-hydrogen) atoms. The van der Waals surface area contributed by atoms with Crippen molar-refractivity contribution in [3.05, 3.63) is 66.6 Å². The summed E-state index contributed by atoms with van der Waals surface area (Å²) < 4.78 is 0. The summed E-state index contributed by atoms with van der Waals surface area (Å²) in [6.07, 6.45) is 1.10. The van der Waals surface area contributed by atoms with Crippen molar-refractivity contribution in [1.82, 2.24) is 0 Å². The molecule has 0 bridgehead atoms. The van der Waals surface area contributed by atoms with Gasteiger partial charge in [-0.2, -0.15) is 24.6 Å². The van der Waals surface area contributed by atoms with Gasteiger partial charge >= 0.3 is 0 Å². The minimum atomic E-state index is 0. The summed E-state index contributed by atoms with van der Waals surface area (Å²) in [5.41, 5.74) is 4.97. The van der Waals surface area contributed by atoms with E-state index >= 15 is 0 Å². The molecular formula is C15H15Y-. The van der Waals surface area contributed by atoms with Gasteiger partial charge in [0.1, 0.15) is 0 Å². The first kappa shape index (κ1) is 13.5. The van der Waals surface area contributed by atoms with Crippen molar-refractivity contribution in [3.8, 4) is 11.1 Å². The van der Waals surface area contributed by atoms with Crippen LogP contribution in [0.3, 0.4) is 0 Å². The Bertz CT molecular complexity index is 426. The van der Waals surface area contributed by atoms with Crippen LogP contribution in [0.5, 0.6) is 0 Å². The summed E-state index contributed by atoms with van der Waals surface area (Å²) in [6.45, 7) is 6.06. The summed E-state index contributed by atoms with van der Waals surface area (Å²) in [5, 5.41) is 0. The smallest absolute Gasteiger partial charge is 0 e. The van der Waals surface area contributed by atoms with E-state index in [9.17, 15) is 0 Å². The Morgan fingerprint density at radius 3 is 1.69 bits per heavy atom. The van der Waals surface area contributed by atoms with E-state index < -0.39 is 0 Å². The van der Waals surface area contributed by atoms with Gasteiger partial charge in [-0.15, -0.1) is 12.1 Å². The van der Waals surface area contributed by atoms with Crippen LogP contribution in [0, 0.1) is 6.92 Å². The normalized spacial score (nSPS) is 9.56. The molecule has 1 radical (unpaired) electrons. The van der Waals surface area contributed by atoms with Gasteiger partial charge < -0.3 is 0 Å². The van der Waals surface area contributed by atoms with Crippen LogP contribution >= 0.6 is 0 Å². The van der Waals surface area contributed by atoms with Gasteiger partial charge in [0, 0.05) is 32.7 Å². The zero-order chi connectivity index (χ0) is 10.7. The first-order valence-corrected chi connectivity index (χ1v) is 5.31. The van der Waals surface area contributed by atoms with Crippen LogP contribution in [0.2, 0.25) is 0 Å². The molecule has 0 heterocycles. The van der Waals surface area contributed by atoms with Gasteiger partial charge in [0.2, 0.25) is 0 Å². The summed E-state index contributed by atoms with van der Waals surface area (Å²) in [4.78, 5) is 0. The third kappa shape index (κ3) is 3.20. The molecular weight excluding hydrogens is 269 g/mol. The fourth-order valence-electron chi connectivity index (χ4n) is 1.63. The average Bonchev–Trinajstić information content (AvgIpc) is 2.30. The first-order chi connectivity index (χ1) is 7.29. The van der Waals surface area contributed by atoms with Crippen molar-refractivity contribution in [2.75, 3.05) is 0 Å². The van der Waals surface area contributed by atoms with Crippen molar-refractivity contribution in [2.24, 2.45) is 0 Å². The molecule has 0 spiro atoms. The maximum Gasteiger partial charge on any atom is 0 e. The molecule has 0 saturated heterocycles. The molecule has 0 aromatic heterocycles. The quantitative estimate of drug-likeness (QED) is 0.728. The molecule has 0 amide bonds. The van der Waals surface area contributed by atoms with Crippen LogP contribution in [0.15, 0.2) is 48.5 Å². The standard InChI is InChI=1S/C15H15.Y/c1-3-13-6-10-15(11-7-13)14-8-4-12(2)5-9-14;/h4-11H,2-3H2,1H3;/q-1;. The molecule has 0 aliphatic heterocycles. The second-order valence-electron chi connectivity index (χ2n) is 3.75. The molecule has 0 fully saturated rings. The van der Waals surface area contributed by atoms with E-state index in [-0.39, 0.29) is 32.7 Å². The van der Waals surface area contributed by atoms with Gasteiger partial charge in [0.05, 0.1) is 0 Å². The van der Waals surface area contributed by atoms with Gasteiger partial charge in [-0.3, -0.25) is 0 Å². The predicted molar refractivity (Wildman–Crippen MR) is 65.7 cm³/mol. The Kier molecular flexibility index (Phi) is 5.24. The SMILES string of the molecule is [CH2-]c1ccc(-c2ccc(CC)cc2)cc1.[Y]. The Morgan fingerprint density at radius 1 is 0.812 bits per heavy atom. The summed E-state index contributed by atoms with van der Waals surface area (Å²) >= 11 is 0. The zero-order valence-electron chi connectivity index (χ0n) is 9.61. The second kappa shape index (κ2) is 6.22. The molecule has 1 heteroatoms. The number of aryl methyl sites for hydroxylation is 1. The monoisotopic (exact) mass is 284 g/mol. The average molecular weight is 284 g/mol. The van der Waals surface area contributed by atoms with E-state index in [1.807, 2.05) is 12.1 Å². The number of hydrogen-bond acceptors (Lipinski definition) is 0. The fraction of sp³-hybridized carbons (Fsp3) is 0.133. The van der Waals surface area contributed by atoms with E-state index in [1.165, 1.54) is 16.7 Å². The van der Waals surface area contributed by atoms with Crippen LogP contribution < -0.4 is 0 Å². The Hall–Kier alpha value is -0.586. The van der Waals surface area contributed by atoms with Gasteiger partial charge in [-0.05, 0) is 23.1 Å². The van der Waals surface area contributed by atoms with Gasteiger partial charge in [-0.1, -0.05) is 31.2 Å². The van der Waals surface area contributed by atoms with Crippen molar-refractivity contribution in [1.29, 1.82) is 0 Å². The van der Waals surface area contributed by atoms with E-state index in [1.54, 1.807) is 0 Å². The maximum absolute atomic E-state index is 3.88. The summed E-state index contributed by atoms with van der Waals surface area (Å²) in [6, 6.07) is 17.0. The molecule has 0 saturated carbocycles. The van der Waals surface area contributed by atoms with Crippen LogP contribution in [-0.2, 0) is 39.1 Å². The zero-order valence-corrected chi connectivity index (χ0v) is 12.4. The minimum Gasteiger partial charge on any atom is -0.199 e. The molecule has 0 nitrogen and oxygen atoms in total. The molecule has 2 rings (SSSR count). The van der Waals surface area contributed by atoms with Crippen LogP contribution in [0.1, 0.15) is 18.1 Å². The number of benzene rings is 2. The van der Waals surface area contributed by atoms with Crippen molar-refractivity contribution < 1.29 is 32.7 Å². The fourth-order valence-corrected chi connectivity index (χ4v) is 1.63. The van der Waals surface area contributed by atoms with Crippen LogP contribution in [0.4, 0.5) is 0 Å². The Morgan fingerprint density at radius 2 is 1.25 bits per heavy atom. The molecule has 0 aliphatic carbocycles. The van der Waals surface area contributed by atoms with Crippen molar-refractivity contribution >= 4 is 0 Å². The van der Waals surface area contributed by atoms with Crippen molar-refractivity contribution in [2.45, 2.75) is 13.3 Å². The summed E-state index contributed by atoms with van der Waals surface area (Å²) in [5.74, 6) is 0. The Labute approximate surface area is 123 Å². The van der Waals surface area contributed by atoms with E-state index in [0.717, 1.165) is 12.0 Å². The van der Waals surface area contributed by atoms with Gasteiger partial charge in [0.25, 0.3) is 0 Å². The van der Waals surface area contributed by atoms with Crippen LogP contribution in [0.25, 0.3) is 11.1 Å². The number of hydrogen-bond donors (Lipinski definition) is 0. The molecule has 2 aromatic rings. The summed E-state index contributed by atoms with van der Waals surface area (Å²) in [7, 11) is 0. The second-order valence-corrected chi connectivity index (χ2v) is 3.75. The molecule has 0 N–H and O–H groups in total. The largest absolute Gasteiger partial charge is 0.199 e. The number of rotatable bonds is 2. The van der Waals surface area contributed by atoms with E-state index in [2.05, 4.69) is 50.2 Å².